The van der Waals surface area contributed by atoms with Crippen LogP contribution in [0.4, 0.5) is 5.69 Å². The van der Waals surface area contributed by atoms with Gasteiger partial charge in [-0.15, -0.1) is 0 Å². The van der Waals surface area contributed by atoms with Crippen molar-refractivity contribution >= 4 is 29.8 Å². The number of benzene rings is 2. The molecule has 0 atom stereocenters. The van der Waals surface area contributed by atoms with Crippen LogP contribution in [0.25, 0.3) is 17.2 Å². The number of carbonyl (C=O) groups excluding carboxylic acids is 2. The quantitative estimate of drug-likeness (QED) is 0.579. The minimum Gasteiger partial charge on any atom is -0.387 e. The van der Waals surface area contributed by atoms with Gasteiger partial charge < -0.3 is 20.9 Å². The summed E-state index contributed by atoms with van der Waals surface area (Å²) in [4.78, 5) is 33.7. The van der Waals surface area contributed by atoms with Crippen molar-refractivity contribution in [3.63, 3.8) is 0 Å². The fourth-order valence-electron chi connectivity index (χ4n) is 5.57. The molecule has 0 radical (unpaired) electrons. The summed E-state index contributed by atoms with van der Waals surface area (Å²) >= 11 is 0. The molecule has 7 nitrogen and oxygen atoms in total. The number of nitrogens with two attached hydrogens (primary N) is 1. The van der Waals surface area contributed by atoms with Crippen molar-refractivity contribution in [2.45, 2.75) is 57.0 Å². The average molecular weight is 514 g/mol. The number of hydrogen-bond donors (Lipinski definition) is 2. The van der Waals surface area contributed by atoms with E-state index in [0.29, 0.717) is 29.9 Å². The van der Waals surface area contributed by atoms with Crippen molar-refractivity contribution in [3.05, 3.63) is 59.2 Å². The Morgan fingerprint density at radius 3 is 2.26 bits per heavy atom. The van der Waals surface area contributed by atoms with Gasteiger partial charge in [-0.25, -0.2) is 4.99 Å². The van der Waals surface area contributed by atoms with Crippen LogP contribution in [-0.2, 0) is 4.79 Å². The summed E-state index contributed by atoms with van der Waals surface area (Å²) in [6.45, 7) is 4.56. The topological polar surface area (TPSA) is 91.0 Å². The Balaban J connectivity index is 0.000000433. The number of aldehydes is 1. The zero-order valence-electron chi connectivity index (χ0n) is 22.4. The number of likely N-dealkylation sites (tertiary alicyclic amines) is 1. The normalized spacial score (nSPS) is 19.8. The van der Waals surface area contributed by atoms with Crippen LogP contribution >= 0.6 is 0 Å². The molecule has 0 unspecified atom stereocenters. The first-order valence-corrected chi connectivity index (χ1v) is 14.0. The summed E-state index contributed by atoms with van der Waals surface area (Å²) in [5, 5.41) is 3.39. The number of fused-ring (bicyclic) bond motifs is 1. The molecule has 38 heavy (non-hydrogen) atoms. The smallest absolute Gasteiger partial charge is 0.250 e. The molecule has 4 aliphatic rings. The predicted octanol–water partition coefficient (Wildman–Crippen LogP) is 4.40. The van der Waals surface area contributed by atoms with Crippen LogP contribution in [0, 0.1) is 0 Å². The number of amides is 1. The highest BCUT2D eigenvalue weighted by atomic mass is 16.2. The first-order valence-electron chi connectivity index (χ1n) is 14.0. The molecule has 2 saturated heterocycles. The Labute approximate surface area is 225 Å². The number of hydrogen-bond acceptors (Lipinski definition) is 6. The highest BCUT2D eigenvalue weighted by Crippen LogP contribution is 2.36. The summed E-state index contributed by atoms with van der Waals surface area (Å²) < 4.78 is 0. The Bertz CT molecular complexity index is 1200. The molecule has 1 amide bonds. The van der Waals surface area contributed by atoms with E-state index in [2.05, 4.69) is 27.2 Å². The molecule has 200 valence electrons. The first kappa shape index (κ1) is 26.3. The van der Waals surface area contributed by atoms with Crippen molar-refractivity contribution in [3.8, 4) is 11.1 Å². The number of aliphatic imine (C=N–C) groups is 1. The van der Waals surface area contributed by atoms with E-state index in [1.165, 1.54) is 25.9 Å². The fraction of sp³-hybridized carbons (Fsp3) is 0.452. The zero-order valence-corrected chi connectivity index (χ0v) is 22.4. The van der Waals surface area contributed by atoms with Gasteiger partial charge in [-0.1, -0.05) is 36.4 Å². The van der Waals surface area contributed by atoms with Crippen LogP contribution < -0.4 is 11.1 Å². The molecule has 3 N–H and O–H groups in total. The van der Waals surface area contributed by atoms with Crippen LogP contribution in [-0.4, -0.2) is 73.1 Å². The van der Waals surface area contributed by atoms with E-state index < -0.39 is 0 Å². The van der Waals surface area contributed by atoms with Gasteiger partial charge in [0.25, 0.3) is 5.91 Å². The highest BCUT2D eigenvalue weighted by molar-refractivity contribution is 6.06. The standard InChI is InChI=1S/C26H28N4O2.C5H11N/c27-25-15-21(26(32)30(22-7-8-22)23-9-11-28-12-10-23)13-20-6-5-19(14-24(20)29-25)18-3-1-17(16-31)2-4-18;1-6-4-2-3-5-6/h1-6,13-14,16,22-23,28H,7-12,15H2,(H2,27,29);2-5H2,1H3. The van der Waals surface area contributed by atoms with E-state index in [9.17, 15) is 9.59 Å². The van der Waals surface area contributed by atoms with E-state index in [-0.39, 0.29) is 5.91 Å². The van der Waals surface area contributed by atoms with Gasteiger partial charge in [-0.3, -0.25) is 9.59 Å². The van der Waals surface area contributed by atoms with Crippen molar-refractivity contribution in [2.24, 2.45) is 10.7 Å². The van der Waals surface area contributed by atoms with E-state index in [4.69, 9.17) is 5.73 Å². The molecule has 0 bridgehead atoms. The number of rotatable bonds is 5. The molecule has 0 aromatic heterocycles. The van der Waals surface area contributed by atoms with Crippen LogP contribution in [0.2, 0.25) is 0 Å². The van der Waals surface area contributed by atoms with Gasteiger partial charge in [0, 0.05) is 35.2 Å². The Morgan fingerprint density at radius 2 is 1.66 bits per heavy atom. The largest absolute Gasteiger partial charge is 0.387 e. The maximum absolute atomic E-state index is 13.6. The minimum absolute atomic E-state index is 0.110. The van der Waals surface area contributed by atoms with Gasteiger partial charge in [0.2, 0.25) is 0 Å². The molecule has 1 saturated carbocycles. The fourth-order valence-corrected chi connectivity index (χ4v) is 5.57. The first-order chi connectivity index (χ1) is 18.5. The monoisotopic (exact) mass is 513 g/mol. The summed E-state index contributed by atoms with van der Waals surface area (Å²) in [7, 11) is 2.17. The van der Waals surface area contributed by atoms with Crippen LogP contribution in [0.3, 0.4) is 0 Å². The zero-order chi connectivity index (χ0) is 26.5. The number of nitrogens with zero attached hydrogens (tertiary/aromatic N) is 3. The Morgan fingerprint density at radius 1 is 1.00 bits per heavy atom. The van der Waals surface area contributed by atoms with Gasteiger partial charge >= 0.3 is 0 Å². The lowest BCUT2D eigenvalue weighted by atomic mass is 9.99. The van der Waals surface area contributed by atoms with Gasteiger partial charge in [0.05, 0.1) is 5.69 Å². The average Bonchev–Trinajstić information content (AvgIpc) is 3.69. The number of amidine groups is 1. The lowest BCUT2D eigenvalue weighted by Gasteiger charge is -2.35. The van der Waals surface area contributed by atoms with Gasteiger partial charge in [-0.05, 0) is 95.0 Å². The number of piperidine rings is 1. The van der Waals surface area contributed by atoms with Crippen molar-refractivity contribution in [1.82, 2.24) is 15.1 Å². The third-order valence-electron chi connectivity index (χ3n) is 7.86. The molecule has 2 aromatic rings. The summed E-state index contributed by atoms with van der Waals surface area (Å²) in [5.41, 5.74) is 11.3. The molecule has 6 rings (SSSR count). The molecule has 7 heteroatoms. The maximum atomic E-state index is 13.6. The van der Waals surface area contributed by atoms with Crippen molar-refractivity contribution in [2.75, 3.05) is 33.2 Å². The van der Waals surface area contributed by atoms with Gasteiger partial charge in [-0.2, -0.15) is 0 Å². The minimum atomic E-state index is 0.110. The SMILES string of the molecule is CN1CCCC1.NC1=Nc2cc(-c3ccc(C=O)cc3)ccc2C=C(C(=O)N(C2CCNCC2)C2CC2)C1. The molecule has 3 heterocycles. The lowest BCUT2D eigenvalue weighted by Crippen LogP contribution is -2.48. The van der Waals surface area contributed by atoms with E-state index in [1.54, 1.807) is 12.1 Å². The van der Waals surface area contributed by atoms with E-state index in [0.717, 1.165) is 73.0 Å². The molecular weight excluding hydrogens is 474 g/mol. The summed E-state index contributed by atoms with van der Waals surface area (Å²) in [6.07, 6.45) is 10.2. The second kappa shape index (κ2) is 12.0. The second-order valence-corrected chi connectivity index (χ2v) is 10.9. The molecule has 3 aliphatic heterocycles. The third-order valence-corrected chi connectivity index (χ3v) is 7.86. The van der Waals surface area contributed by atoms with Crippen molar-refractivity contribution < 1.29 is 9.59 Å². The molecule has 0 spiro atoms. The summed E-state index contributed by atoms with van der Waals surface area (Å²) in [5.74, 6) is 0.566. The molecular formula is C31H39N5O2. The second-order valence-electron chi connectivity index (χ2n) is 10.9. The van der Waals surface area contributed by atoms with Crippen molar-refractivity contribution in [1.29, 1.82) is 0 Å². The molecule has 2 aromatic carbocycles. The van der Waals surface area contributed by atoms with Crippen LogP contribution in [0.15, 0.2) is 53.0 Å². The number of carbonyl (C=O) groups is 2. The van der Waals surface area contributed by atoms with Crippen LogP contribution in [0.1, 0.15) is 60.9 Å². The van der Waals surface area contributed by atoms with Gasteiger partial charge in [0.15, 0.2) is 0 Å². The van der Waals surface area contributed by atoms with Crippen LogP contribution in [0.5, 0.6) is 0 Å². The summed E-state index contributed by atoms with van der Waals surface area (Å²) in [6, 6.07) is 14.1. The maximum Gasteiger partial charge on any atom is 0.250 e. The Kier molecular flexibility index (Phi) is 8.35. The lowest BCUT2D eigenvalue weighted by molar-refractivity contribution is -0.130. The third kappa shape index (κ3) is 6.40. The predicted molar refractivity (Wildman–Crippen MR) is 154 cm³/mol. The van der Waals surface area contributed by atoms with Gasteiger partial charge in [0.1, 0.15) is 12.1 Å². The molecule has 1 aliphatic carbocycles. The highest BCUT2D eigenvalue weighted by Gasteiger charge is 2.39. The Hall–Kier alpha value is -3.29. The number of nitrogens with one attached hydrogen (secondary N) is 1. The molecule has 3 fully saturated rings. The van der Waals surface area contributed by atoms with E-state index in [1.807, 2.05) is 36.4 Å². The van der Waals surface area contributed by atoms with E-state index >= 15 is 0 Å².